The number of aryl methyl sites for hydroxylation is 2. The minimum Gasteiger partial charge on any atom is -0.379 e. The normalized spacial score (nSPS) is 20.1. The molecule has 0 atom stereocenters. The number of morpholine rings is 1. The molecular weight excluding hydrogens is 370 g/mol. The van der Waals surface area contributed by atoms with Crippen LogP contribution in [0, 0.1) is 19.8 Å². The Labute approximate surface area is 172 Å². The molecular formula is C21H33N5OS. The summed E-state index contributed by atoms with van der Waals surface area (Å²) in [5.74, 6) is 2.81. The topological polar surface area (TPSA) is 44.7 Å². The van der Waals surface area contributed by atoms with E-state index < -0.39 is 0 Å². The first kappa shape index (κ1) is 20.0. The van der Waals surface area contributed by atoms with Crippen molar-refractivity contribution in [2.75, 3.05) is 64.9 Å². The number of nitrogens with zero attached hydrogens (tertiary/aromatic N) is 5. The second kappa shape index (κ2) is 8.61. The van der Waals surface area contributed by atoms with Crippen LogP contribution in [-0.2, 0) is 11.3 Å². The summed E-state index contributed by atoms with van der Waals surface area (Å²) in [6.45, 7) is 12.2. The summed E-state index contributed by atoms with van der Waals surface area (Å²) < 4.78 is 5.49. The van der Waals surface area contributed by atoms with E-state index in [-0.39, 0.29) is 0 Å². The van der Waals surface area contributed by atoms with E-state index in [1.54, 1.807) is 11.3 Å². The minimum atomic E-state index is 0.744. The molecule has 0 N–H and O–H groups in total. The molecule has 0 unspecified atom stereocenters. The Morgan fingerprint density at radius 3 is 2.54 bits per heavy atom. The Hall–Kier alpha value is -1.28. The molecule has 2 aromatic rings. The van der Waals surface area contributed by atoms with E-state index in [1.807, 2.05) is 0 Å². The summed E-state index contributed by atoms with van der Waals surface area (Å²) in [6.07, 6.45) is 2.55. The zero-order valence-corrected chi connectivity index (χ0v) is 18.5. The van der Waals surface area contributed by atoms with Gasteiger partial charge in [-0.2, -0.15) is 0 Å². The van der Waals surface area contributed by atoms with Crippen LogP contribution in [0.5, 0.6) is 0 Å². The lowest BCUT2D eigenvalue weighted by atomic mass is 9.96. The highest BCUT2D eigenvalue weighted by atomic mass is 32.1. The lowest BCUT2D eigenvalue weighted by Crippen LogP contribution is -2.37. The highest BCUT2D eigenvalue weighted by molar-refractivity contribution is 7.18. The standard InChI is InChI=1S/C21H33N5OS/c1-15-16(2)28-21-19(15)20(25(4)13-17-5-7-24(3)8-6-17)22-18(23-21)14-26-9-11-27-12-10-26/h17H,5-14H2,1-4H3. The molecule has 6 nitrogen and oxygen atoms in total. The van der Waals surface area contributed by atoms with Gasteiger partial charge in [-0.05, 0) is 58.3 Å². The highest BCUT2D eigenvalue weighted by Gasteiger charge is 2.23. The van der Waals surface area contributed by atoms with Crippen LogP contribution in [0.3, 0.4) is 0 Å². The molecule has 0 aromatic carbocycles. The quantitative estimate of drug-likeness (QED) is 0.765. The van der Waals surface area contributed by atoms with Crippen LogP contribution in [0.25, 0.3) is 10.2 Å². The molecule has 2 fully saturated rings. The van der Waals surface area contributed by atoms with Crippen molar-refractivity contribution >= 4 is 27.4 Å². The van der Waals surface area contributed by atoms with Gasteiger partial charge < -0.3 is 14.5 Å². The fourth-order valence-corrected chi connectivity index (χ4v) is 5.34. The summed E-state index contributed by atoms with van der Waals surface area (Å²) in [4.78, 5) is 19.7. The van der Waals surface area contributed by atoms with Gasteiger partial charge in [-0.1, -0.05) is 0 Å². The van der Waals surface area contributed by atoms with Gasteiger partial charge in [-0.15, -0.1) is 11.3 Å². The summed E-state index contributed by atoms with van der Waals surface area (Å²) in [5, 5.41) is 1.25. The molecule has 28 heavy (non-hydrogen) atoms. The average molecular weight is 404 g/mol. The number of hydrogen-bond donors (Lipinski definition) is 0. The van der Waals surface area contributed by atoms with Crippen LogP contribution in [0.15, 0.2) is 0 Å². The minimum absolute atomic E-state index is 0.744. The van der Waals surface area contributed by atoms with Gasteiger partial charge in [-0.3, -0.25) is 4.90 Å². The Bertz CT molecular complexity index is 809. The van der Waals surface area contributed by atoms with Crippen molar-refractivity contribution < 1.29 is 4.74 Å². The van der Waals surface area contributed by atoms with E-state index in [1.165, 1.54) is 41.8 Å². The van der Waals surface area contributed by atoms with E-state index in [2.05, 4.69) is 42.6 Å². The first-order valence-electron chi connectivity index (χ1n) is 10.5. The number of thiophene rings is 1. The Morgan fingerprint density at radius 2 is 1.82 bits per heavy atom. The number of piperidine rings is 1. The van der Waals surface area contributed by atoms with E-state index in [0.29, 0.717) is 0 Å². The van der Waals surface area contributed by atoms with Crippen LogP contribution in [0.4, 0.5) is 5.82 Å². The molecule has 154 valence electrons. The van der Waals surface area contributed by atoms with E-state index in [4.69, 9.17) is 14.7 Å². The van der Waals surface area contributed by atoms with E-state index in [9.17, 15) is 0 Å². The summed E-state index contributed by atoms with van der Waals surface area (Å²) in [7, 11) is 4.44. The average Bonchev–Trinajstić information content (AvgIpc) is 2.97. The zero-order valence-electron chi connectivity index (χ0n) is 17.7. The van der Waals surface area contributed by atoms with Gasteiger partial charge in [0.05, 0.1) is 25.1 Å². The van der Waals surface area contributed by atoms with Crippen molar-refractivity contribution in [3.05, 3.63) is 16.3 Å². The molecule has 4 heterocycles. The van der Waals surface area contributed by atoms with Gasteiger partial charge in [-0.25, -0.2) is 9.97 Å². The van der Waals surface area contributed by atoms with Gasteiger partial charge in [0.25, 0.3) is 0 Å². The van der Waals surface area contributed by atoms with Crippen LogP contribution < -0.4 is 4.90 Å². The SMILES string of the molecule is Cc1sc2nc(CN3CCOCC3)nc(N(C)CC3CCN(C)CC3)c2c1C. The Morgan fingerprint density at radius 1 is 1.11 bits per heavy atom. The maximum atomic E-state index is 5.49. The number of aromatic nitrogens is 2. The number of anilines is 1. The van der Waals surface area contributed by atoms with Gasteiger partial charge in [0.1, 0.15) is 16.5 Å². The number of rotatable bonds is 5. The lowest BCUT2D eigenvalue weighted by molar-refractivity contribution is 0.0331. The van der Waals surface area contributed by atoms with Crippen molar-refractivity contribution in [1.29, 1.82) is 0 Å². The molecule has 0 spiro atoms. The second-order valence-corrected chi connectivity index (χ2v) is 9.65. The molecule has 0 aliphatic carbocycles. The molecule has 0 amide bonds. The van der Waals surface area contributed by atoms with Crippen LogP contribution >= 0.6 is 11.3 Å². The van der Waals surface area contributed by atoms with Crippen molar-refractivity contribution in [3.8, 4) is 0 Å². The Kier molecular flexibility index (Phi) is 6.16. The maximum absolute atomic E-state index is 5.49. The molecule has 4 rings (SSSR count). The number of hydrogen-bond acceptors (Lipinski definition) is 7. The third kappa shape index (κ3) is 4.32. The zero-order chi connectivity index (χ0) is 19.7. The second-order valence-electron chi connectivity index (χ2n) is 8.44. The predicted octanol–water partition coefficient (Wildman–Crippen LogP) is 2.92. The monoisotopic (exact) mass is 403 g/mol. The summed E-state index contributed by atoms with van der Waals surface area (Å²) in [6, 6.07) is 0. The summed E-state index contributed by atoms with van der Waals surface area (Å²) in [5.41, 5.74) is 1.34. The number of fused-ring (bicyclic) bond motifs is 1. The number of likely N-dealkylation sites (tertiary alicyclic amines) is 1. The van der Waals surface area contributed by atoms with E-state index >= 15 is 0 Å². The van der Waals surface area contributed by atoms with Gasteiger partial charge in [0.2, 0.25) is 0 Å². The largest absolute Gasteiger partial charge is 0.379 e. The molecule has 0 saturated carbocycles. The first-order chi connectivity index (χ1) is 13.5. The number of ether oxygens (including phenoxy) is 1. The molecule has 0 radical (unpaired) electrons. The van der Waals surface area contributed by atoms with Gasteiger partial charge in [0, 0.05) is 31.6 Å². The van der Waals surface area contributed by atoms with E-state index in [0.717, 1.165) is 61.8 Å². The van der Waals surface area contributed by atoms with Crippen molar-refractivity contribution in [2.45, 2.75) is 33.2 Å². The van der Waals surface area contributed by atoms with Crippen molar-refractivity contribution in [3.63, 3.8) is 0 Å². The first-order valence-corrected chi connectivity index (χ1v) is 11.3. The fraction of sp³-hybridized carbons (Fsp3) is 0.714. The van der Waals surface area contributed by atoms with Crippen LogP contribution in [0.1, 0.15) is 29.1 Å². The highest BCUT2D eigenvalue weighted by Crippen LogP contribution is 2.35. The Balaban J connectivity index is 1.60. The molecule has 2 aromatic heterocycles. The van der Waals surface area contributed by atoms with Gasteiger partial charge in [0.15, 0.2) is 0 Å². The molecule has 2 saturated heterocycles. The molecule has 2 aliphatic rings. The van der Waals surface area contributed by atoms with Crippen LogP contribution in [-0.4, -0.2) is 79.8 Å². The fourth-order valence-electron chi connectivity index (χ4n) is 4.30. The third-order valence-electron chi connectivity index (χ3n) is 6.26. The van der Waals surface area contributed by atoms with Gasteiger partial charge >= 0.3 is 0 Å². The maximum Gasteiger partial charge on any atom is 0.146 e. The van der Waals surface area contributed by atoms with Crippen LogP contribution in [0.2, 0.25) is 0 Å². The summed E-state index contributed by atoms with van der Waals surface area (Å²) >= 11 is 1.81. The molecule has 7 heteroatoms. The van der Waals surface area contributed by atoms with Crippen molar-refractivity contribution in [2.24, 2.45) is 5.92 Å². The molecule has 2 aliphatic heterocycles. The third-order valence-corrected chi connectivity index (χ3v) is 7.36. The van der Waals surface area contributed by atoms with Crippen molar-refractivity contribution in [1.82, 2.24) is 19.8 Å². The smallest absolute Gasteiger partial charge is 0.146 e. The lowest BCUT2D eigenvalue weighted by Gasteiger charge is -2.32. The molecule has 0 bridgehead atoms. The predicted molar refractivity (Wildman–Crippen MR) is 116 cm³/mol.